The normalized spacial score (nSPS) is 10.3. The summed E-state index contributed by atoms with van der Waals surface area (Å²) in [5.74, 6) is -1.18. The van der Waals surface area contributed by atoms with Crippen molar-refractivity contribution < 1.29 is 9.90 Å². The number of halogens is 1. The van der Waals surface area contributed by atoms with Crippen molar-refractivity contribution in [2.45, 2.75) is 6.92 Å². The summed E-state index contributed by atoms with van der Waals surface area (Å²) < 4.78 is 1.05. The predicted molar refractivity (Wildman–Crippen MR) is 66.5 cm³/mol. The number of nitrogens with zero attached hydrogens (tertiary/aromatic N) is 2. The summed E-state index contributed by atoms with van der Waals surface area (Å²) in [6.45, 7) is 1.77. The van der Waals surface area contributed by atoms with E-state index >= 15 is 0 Å². The first-order valence-corrected chi connectivity index (χ1v) is 5.47. The second-order valence-corrected chi connectivity index (χ2v) is 4.14. The van der Waals surface area contributed by atoms with Gasteiger partial charge in [0.25, 0.3) is 5.56 Å². The Balaban J connectivity index is 2.66. The van der Waals surface area contributed by atoms with E-state index in [1.54, 1.807) is 25.1 Å². The number of carboxylic acids is 1. The summed E-state index contributed by atoms with van der Waals surface area (Å²) in [4.78, 5) is 22.5. The maximum Gasteiger partial charge on any atom is 0.356 e. The number of carboxylic acid groups (broad SMARTS) is 1. The number of hydrogen-bond donors (Lipinski definition) is 1. The molecule has 1 aromatic heterocycles. The minimum Gasteiger partial charge on any atom is -0.476 e. The van der Waals surface area contributed by atoms with Crippen LogP contribution in [-0.4, -0.2) is 20.9 Å². The lowest BCUT2D eigenvalue weighted by atomic mass is 10.2. The Kier molecular flexibility index (Phi) is 3.16. The van der Waals surface area contributed by atoms with Crippen LogP contribution < -0.4 is 5.56 Å². The lowest BCUT2D eigenvalue weighted by Gasteiger charge is -2.08. The van der Waals surface area contributed by atoms with Crippen LogP contribution in [0.1, 0.15) is 16.1 Å². The van der Waals surface area contributed by atoms with Gasteiger partial charge < -0.3 is 5.11 Å². The fraction of sp³-hybridized carbons (Fsp3) is 0.0833. The smallest absolute Gasteiger partial charge is 0.356 e. The van der Waals surface area contributed by atoms with Crippen molar-refractivity contribution >= 4 is 17.6 Å². The predicted octanol–water partition coefficient (Wildman–Crippen LogP) is 1.89. The highest BCUT2D eigenvalue weighted by molar-refractivity contribution is 6.30. The number of hydrogen-bond acceptors (Lipinski definition) is 3. The lowest BCUT2D eigenvalue weighted by molar-refractivity contribution is 0.0688. The Bertz CT molecular complexity index is 679. The quantitative estimate of drug-likeness (QED) is 0.899. The van der Waals surface area contributed by atoms with E-state index in [0.29, 0.717) is 10.7 Å². The van der Waals surface area contributed by atoms with Gasteiger partial charge in [-0.05, 0) is 36.8 Å². The maximum atomic E-state index is 11.7. The number of aromatic nitrogens is 2. The molecule has 0 fully saturated rings. The third-order valence-corrected chi connectivity index (χ3v) is 2.64. The van der Waals surface area contributed by atoms with E-state index in [1.807, 2.05) is 0 Å². The molecule has 0 aliphatic rings. The van der Waals surface area contributed by atoms with Crippen LogP contribution in [0.3, 0.4) is 0 Å². The zero-order valence-corrected chi connectivity index (χ0v) is 10.2. The molecule has 6 heteroatoms. The highest BCUT2D eigenvalue weighted by Crippen LogP contribution is 2.17. The van der Waals surface area contributed by atoms with E-state index in [1.165, 1.54) is 12.1 Å². The zero-order valence-electron chi connectivity index (χ0n) is 9.42. The van der Waals surface area contributed by atoms with Crippen LogP contribution in [0.2, 0.25) is 5.02 Å². The molecule has 1 N–H and O–H groups in total. The van der Waals surface area contributed by atoms with Crippen molar-refractivity contribution in [3.05, 3.63) is 57.0 Å². The van der Waals surface area contributed by atoms with Gasteiger partial charge >= 0.3 is 5.97 Å². The van der Waals surface area contributed by atoms with Crippen LogP contribution in [-0.2, 0) is 0 Å². The van der Waals surface area contributed by atoms with Crippen molar-refractivity contribution in [1.82, 2.24) is 9.78 Å². The van der Waals surface area contributed by atoms with Gasteiger partial charge in [-0.1, -0.05) is 11.6 Å². The average molecular weight is 265 g/mol. The van der Waals surface area contributed by atoms with Gasteiger partial charge in [-0.15, -0.1) is 0 Å². The van der Waals surface area contributed by atoms with Crippen molar-refractivity contribution in [1.29, 1.82) is 0 Å². The first kappa shape index (κ1) is 12.3. The molecule has 0 unspecified atom stereocenters. The number of aryl methyl sites for hydroxylation is 1. The minimum atomic E-state index is -1.18. The van der Waals surface area contributed by atoms with Crippen molar-refractivity contribution in [2.24, 2.45) is 0 Å². The fourth-order valence-electron chi connectivity index (χ4n) is 1.55. The van der Waals surface area contributed by atoms with Crippen molar-refractivity contribution in [3.8, 4) is 5.69 Å². The highest BCUT2D eigenvalue weighted by atomic mass is 35.5. The maximum absolute atomic E-state index is 11.7. The SMILES string of the molecule is Cc1cc(Cl)ccc1-n1nc(C(=O)O)ccc1=O. The molecule has 92 valence electrons. The summed E-state index contributed by atoms with van der Waals surface area (Å²) in [6, 6.07) is 7.26. The average Bonchev–Trinajstić information content (AvgIpc) is 2.30. The number of benzene rings is 1. The topological polar surface area (TPSA) is 72.2 Å². The molecule has 0 radical (unpaired) electrons. The Labute approximate surface area is 107 Å². The Hall–Kier alpha value is -2.14. The fourth-order valence-corrected chi connectivity index (χ4v) is 1.78. The van der Waals surface area contributed by atoms with E-state index in [9.17, 15) is 9.59 Å². The van der Waals surface area contributed by atoms with Crippen LogP contribution in [0.25, 0.3) is 5.69 Å². The van der Waals surface area contributed by atoms with Crippen LogP contribution in [0, 0.1) is 6.92 Å². The summed E-state index contributed by atoms with van der Waals surface area (Å²) in [5, 5.41) is 13.2. The molecule has 0 amide bonds. The van der Waals surface area contributed by atoms with Crippen LogP contribution in [0.5, 0.6) is 0 Å². The Morgan fingerprint density at radius 1 is 1.33 bits per heavy atom. The molecule has 18 heavy (non-hydrogen) atoms. The van der Waals surface area contributed by atoms with Gasteiger partial charge in [-0.2, -0.15) is 9.78 Å². The summed E-state index contributed by atoms with van der Waals surface area (Å²) >= 11 is 5.82. The van der Waals surface area contributed by atoms with Crippen LogP contribution in [0.4, 0.5) is 0 Å². The summed E-state index contributed by atoms with van der Waals surface area (Å²) in [6.07, 6.45) is 0. The van der Waals surface area contributed by atoms with Crippen LogP contribution in [0.15, 0.2) is 35.1 Å². The van der Waals surface area contributed by atoms with E-state index in [2.05, 4.69) is 5.10 Å². The van der Waals surface area contributed by atoms with Crippen molar-refractivity contribution in [3.63, 3.8) is 0 Å². The Morgan fingerprint density at radius 3 is 2.67 bits per heavy atom. The molecule has 0 saturated heterocycles. The first-order chi connectivity index (χ1) is 8.49. The summed E-state index contributed by atoms with van der Waals surface area (Å²) in [5.41, 5.74) is 0.654. The molecule has 0 bridgehead atoms. The van der Waals surface area contributed by atoms with Crippen molar-refractivity contribution in [2.75, 3.05) is 0 Å². The lowest BCUT2D eigenvalue weighted by Crippen LogP contribution is -2.23. The molecule has 0 atom stereocenters. The molecular weight excluding hydrogens is 256 g/mol. The molecule has 1 aromatic carbocycles. The van der Waals surface area contributed by atoms with Gasteiger partial charge in [0.1, 0.15) is 0 Å². The van der Waals surface area contributed by atoms with Gasteiger partial charge in [0.2, 0.25) is 0 Å². The third kappa shape index (κ3) is 2.26. The molecule has 1 heterocycles. The number of aromatic carboxylic acids is 1. The van der Waals surface area contributed by atoms with Gasteiger partial charge in [0, 0.05) is 11.1 Å². The second kappa shape index (κ2) is 4.62. The van der Waals surface area contributed by atoms with Gasteiger partial charge in [0.15, 0.2) is 5.69 Å². The van der Waals surface area contributed by atoms with E-state index in [0.717, 1.165) is 10.2 Å². The summed E-state index contributed by atoms with van der Waals surface area (Å²) in [7, 11) is 0. The minimum absolute atomic E-state index is 0.191. The van der Waals surface area contributed by atoms with Gasteiger partial charge in [-0.3, -0.25) is 4.79 Å². The molecule has 0 saturated carbocycles. The van der Waals surface area contributed by atoms with Gasteiger partial charge in [0.05, 0.1) is 5.69 Å². The van der Waals surface area contributed by atoms with E-state index in [4.69, 9.17) is 16.7 Å². The first-order valence-electron chi connectivity index (χ1n) is 5.09. The van der Waals surface area contributed by atoms with E-state index < -0.39 is 11.5 Å². The molecule has 2 aromatic rings. The zero-order chi connectivity index (χ0) is 13.3. The molecule has 5 nitrogen and oxygen atoms in total. The molecule has 0 aliphatic heterocycles. The molecule has 0 aliphatic carbocycles. The highest BCUT2D eigenvalue weighted by Gasteiger charge is 2.10. The second-order valence-electron chi connectivity index (χ2n) is 3.70. The number of carbonyl (C=O) groups is 1. The van der Waals surface area contributed by atoms with Gasteiger partial charge in [-0.25, -0.2) is 4.79 Å². The standard InChI is InChI=1S/C12H9ClN2O3/c1-7-6-8(13)2-4-10(7)15-11(16)5-3-9(14-15)12(17)18/h2-6H,1H3,(H,17,18). The number of rotatable bonds is 2. The van der Waals surface area contributed by atoms with E-state index in [-0.39, 0.29) is 5.69 Å². The third-order valence-electron chi connectivity index (χ3n) is 2.41. The monoisotopic (exact) mass is 264 g/mol. The molecular formula is C12H9ClN2O3. The molecule has 0 spiro atoms. The molecule has 2 rings (SSSR count). The largest absolute Gasteiger partial charge is 0.476 e. The Morgan fingerprint density at radius 2 is 2.06 bits per heavy atom. The van der Waals surface area contributed by atoms with Crippen LogP contribution >= 0.6 is 11.6 Å².